The van der Waals surface area contributed by atoms with Gasteiger partial charge in [0.2, 0.25) is 0 Å². The lowest BCUT2D eigenvalue weighted by Gasteiger charge is -2.40. The van der Waals surface area contributed by atoms with Crippen molar-refractivity contribution in [2.45, 2.75) is 36.9 Å². The fraction of sp³-hybridized carbons (Fsp3) is 0.273. The Balaban J connectivity index is 1.29. The van der Waals surface area contributed by atoms with E-state index in [4.69, 9.17) is 4.74 Å². The normalized spacial score (nSPS) is 25.0. The molecule has 8 nitrogen and oxygen atoms in total. The third-order valence-electron chi connectivity index (χ3n) is 5.95. The Kier molecular flexibility index (Phi) is 4.18. The summed E-state index contributed by atoms with van der Waals surface area (Å²) in [6.45, 7) is 0. The van der Waals surface area contributed by atoms with Gasteiger partial charge in [0.05, 0.1) is 23.8 Å². The first-order chi connectivity index (χ1) is 14.5. The second-order valence-electron chi connectivity index (χ2n) is 7.78. The van der Waals surface area contributed by atoms with Crippen molar-refractivity contribution < 1.29 is 19.4 Å². The molecule has 2 N–H and O–H groups in total. The smallest absolute Gasteiger partial charge is 0.358 e. The molecule has 2 aromatic heterocycles. The molecule has 5 rings (SSSR count). The van der Waals surface area contributed by atoms with Gasteiger partial charge in [0.15, 0.2) is 5.69 Å². The van der Waals surface area contributed by atoms with Gasteiger partial charge < -0.3 is 15.2 Å². The Bertz CT molecular complexity index is 1120. The van der Waals surface area contributed by atoms with Crippen molar-refractivity contribution in [1.29, 1.82) is 0 Å². The lowest BCUT2D eigenvalue weighted by molar-refractivity contribution is -0.144. The molecule has 1 aromatic carbocycles. The van der Waals surface area contributed by atoms with Gasteiger partial charge in [0.25, 0.3) is 5.91 Å². The number of anilines is 1. The summed E-state index contributed by atoms with van der Waals surface area (Å²) < 4.78 is 7.30. The van der Waals surface area contributed by atoms with E-state index in [2.05, 4.69) is 15.4 Å². The van der Waals surface area contributed by atoms with Gasteiger partial charge in [0.1, 0.15) is 11.2 Å². The van der Waals surface area contributed by atoms with Gasteiger partial charge >= 0.3 is 5.97 Å². The van der Waals surface area contributed by atoms with Crippen molar-refractivity contribution in [2.24, 2.45) is 0 Å². The molecule has 8 heteroatoms. The molecular formula is C22H20N4O4. The summed E-state index contributed by atoms with van der Waals surface area (Å²) in [5, 5.41) is 18.0. The van der Waals surface area contributed by atoms with Gasteiger partial charge in [-0.2, -0.15) is 5.10 Å². The van der Waals surface area contributed by atoms with Crippen LogP contribution in [0.5, 0.6) is 0 Å². The third-order valence-corrected chi connectivity index (χ3v) is 5.95. The minimum Gasteiger partial charge on any atom is -0.449 e. The molecule has 2 aliphatic rings. The number of esters is 1. The van der Waals surface area contributed by atoms with E-state index in [1.165, 1.54) is 0 Å². The predicted octanol–water partition coefficient (Wildman–Crippen LogP) is 2.58. The van der Waals surface area contributed by atoms with Crippen LogP contribution in [0.1, 0.15) is 41.7 Å². The quantitative estimate of drug-likeness (QED) is 0.650. The highest BCUT2D eigenvalue weighted by molar-refractivity contribution is 5.97. The third kappa shape index (κ3) is 2.96. The fourth-order valence-electron chi connectivity index (χ4n) is 4.24. The number of carbonyl (C=O) groups is 2. The lowest BCUT2D eigenvalue weighted by Crippen LogP contribution is -2.49. The number of pyridine rings is 1. The molecule has 0 bridgehead atoms. The van der Waals surface area contributed by atoms with Crippen molar-refractivity contribution in [3.63, 3.8) is 0 Å². The lowest BCUT2D eigenvalue weighted by atomic mass is 9.73. The first-order valence-electron chi connectivity index (χ1n) is 9.82. The topological polar surface area (TPSA) is 106 Å². The second-order valence-corrected chi connectivity index (χ2v) is 7.78. The van der Waals surface area contributed by atoms with Gasteiger partial charge in [-0.3, -0.25) is 4.79 Å². The van der Waals surface area contributed by atoms with Crippen LogP contribution in [0.3, 0.4) is 0 Å². The average molecular weight is 404 g/mol. The minimum atomic E-state index is -1.54. The molecule has 30 heavy (non-hydrogen) atoms. The largest absolute Gasteiger partial charge is 0.449 e. The molecule has 0 unspecified atom stereocenters. The van der Waals surface area contributed by atoms with E-state index in [0.717, 1.165) is 11.3 Å². The Labute approximate surface area is 172 Å². The van der Waals surface area contributed by atoms with Crippen LogP contribution >= 0.6 is 0 Å². The molecule has 1 saturated carbocycles. The number of hydrogen-bond acceptors (Lipinski definition) is 6. The number of ether oxygens (including phenoxy) is 1. The molecule has 1 fully saturated rings. The molecule has 3 aromatic rings. The Morgan fingerprint density at radius 3 is 2.63 bits per heavy atom. The van der Waals surface area contributed by atoms with E-state index in [-0.39, 0.29) is 12.8 Å². The van der Waals surface area contributed by atoms with E-state index in [1.807, 2.05) is 36.4 Å². The number of para-hydroxylation sites is 1. The van der Waals surface area contributed by atoms with Crippen LogP contribution in [0.15, 0.2) is 61.1 Å². The molecule has 0 radical (unpaired) electrons. The fourth-order valence-corrected chi connectivity index (χ4v) is 4.24. The van der Waals surface area contributed by atoms with Gasteiger partial charge in [-0.25, -0.2) is 14.5 Å². The van der Waals surface area contributed by atoms with E-state index in [1.54, 1.807) is 29.3 Å². The number of nitrogens with zero attached hydrogens (tertiary/aromatic N) is 3. The number of aliphatic hydroxyl groups is 1. The van der Waals surface area contributed by atoms with E-state index in [9.17, 15) is 14.7 Å². The van der Waals surface area contributed by atoms with Crippen LogP contribution in [0.4, 0.5) is 5.69 Å². The van der Waals surface area contributed by atoms with E-state index >= 15 is 0 Å². The molecule has 1 aliphatic carbocycles. The Morgan fingerprint density at radius 2 is 1.87 bits per heavy atom. The first-order valence-corrected chi connectivity index (χ1v) is 9.82. The maximum absolute atomic E-state index is 12.8. The number of benzene rings is 1. The number of fused-ring (bicyclic) bond motifs is 2. The van der Waals surface area contributed by atoms with Gasteiger partial charge in [-0.05, 0) is 43.9 Å². The monoisotopic (exact) mass is 404 g/mol. The van der Waals surface area contributed by atoms with Crippen molar-refractivity contribution >= 4 is 17.6 Å². The average Bonchev–Trinajstić information content (AvgIpc) is 3.35. The number of rotatable bonds is 3. The zero-order valence-electron chi connectivity index (χ0n) is 16.1. The van der Waals surface area contributed by atoms with Crippen molar-refractivity contribution in [3.05, 3.63) is 72.3 Å². The molecule has 0 saturated heterocycles. The summed E-state index contributed by atoms with van der Waals surface area (Å²) in [5.41, 5.74) is 0.0661. The van der Waals surface area contributed by atoms with Crippen LogP contribution in [-0.2, 0) is 15.1 Å². The van der Waals surface area contributed by atoms with Crippen molar-refractivity contribution in [3.8, 4) is 5.69 Å². The number of nitrogens with one attached hydrogen (secondary N) is 1. The van der Waals surface area contributed by atoms with Gasteiger partial charge in [-0.1, -0.05) is 24.3 Å². The summed E-state index contributed by atoms with van der Waals surface area (Å²) in [7, 11) is 0. The maximum Gasteiger partial charge on any atom is 0.358 e. The second kappa shape index (κ2) is 6.77. The summed E-state index contributed by atoms with van der Waals surface area (Å²) in [5.74, 6) is -0.936. The highest BCUT2D eigenvalue weighted by Crippen LogP contribution is 2.48. The Hall–Kier alpha value is -3.52. The SMILES string of the molecule is O=C1O[C@]2(CC[C@@](O)(C(=O)Nc3cnn(-c4ccccc4)c3)CC2)c2cccnc21. The van der Waals surface area contributed by atoms with Crippen LogP contribution in [-0.4, -0.2) is 37.3 Å². The summed E-state index contributed by atoms with van der Waals surface area (Å²) in [6.07, 6.45) is 5.85. The van der Waals surface area contributed by atoms with E-state index in [0.29, 0.717) is 24.2 Å². The highest BCUT2D eigenvalue weighted by Gasteiger charge is 2.53. The number of hydrogen-bond donors (Lipinski definition) is 2. The molecule has 1 aliphatic heterocycles. The van der Waals surface area contributed by atoms with Crippen LogP contribution in [0.2, 0.25) is 0 Å². The predicted molar refractivity (Wildman–Crippen MR) is 107 cm³/mol. The maximum atomic E-state index is 12.8. The molecular weight excluding hydrogens is 384 g/mol. The van der Waals surface area contributed by atoms with E-state index < -0.39 is 23.1 Å². The summed E-state index contributed by atoms with van der Waals surface area (Å²) in [4.78, 5) is 29.1. The van der Waals surface area contributed by atoms with Crippen LogP contribution in [0.25, 0.3) is 5.69 Å². The number of aromatic nitrogens is 3. The molecule has 3 heterocycles. The van der Waals surface area contributed by atoms with Crippen LogP contribution < -0.4 is 5.32 Å². The zero-order valence-corrected chi connectivity index (χ0v) is 16.1. The summed E-state index contributed by atoms with van der Waals surface area (Å²) >= 11 is 0. The van der Waals surface area contributed by atoms with Crippen molar-refractivity contribution in [2.75, 3.05) is 5.32 Å². The van der Waals surface area contributed by atoms with Crippen molar-refractivity contribution in [1.82, 2.24) is 14.8 Å². The zero-order chi connectivity index (χ0) is 20.8. The summed E-state index contributed by atoms with van der Waals surface area (Å²) in [6, 6.07) is 13.1. The van der Waals surface area contributed by atoms with Crippen LogP contribution in [0, 0.1) is 0 Å². The molecule has 152 valence electrons. The minimum absolute atomic E-state index is 0.174. The number of amides is 1. The molecule has 0 atom stereocenters. The molecule has 1 amide bonds. The van der Waals surface area contributed by atoms with Gasteiger partial charge in [0, 0.05) is 11.8 Å². The standard InChI is InChI=1S/C22H20N4O4/c27-19-18-17(7-4-12-23-18)22(30-19)10-8-21(29,9-11-22)20(28)25-15-13-24-26(14-15)16-5-2-1-3-6-16/h1-7,12-14,29H,8-11H2,(H,25,28)/t21-,22-. The highest BCUT2D eigenvalue weighted by atomic mass is 16.6. The first kappa shape index (κ1) is 18.5. The number of carbonyl (C=O) groups excluding carboxylic acids is 2. The Morgan fingerprint density at radius 1 is 1.10 bits per heavy atom. The van der Waals surface area contributed by atoms with Gasteiger partial charge in [-0.15, -0.1) is 0 Å². The molecule has 1 spiro atoms.